The van der Waals surface area contributed by atoms with E-state index in [0.29, 0.717) is 0 Å². The van der Waals surface area contributed by atoms with Crippen LogP contribution in [0.5, 0.6) is 0 Å². The zero-order valence-electron chi connectivity index (χ0n) is 9.38. The number of hydrogen-bond acceptors (Lipinski definition) is 2. The Labute approximate surface area is 106 Å². The van der Waals surface area contributed by atoms with Crippen molar-refractivity contribution in [1.82, 2.24) is 0 Å². The van der Waals surface area contributed by atoms with E-state index in [1.165, 1.54) is 0 Å². The highest BCUT2D eigenvalue weighted by molar-refractivity contribution is 5.86. The monoisotopic (exact) mass is 251 g/mol. The van der Waals surface area contributed by atoms with Crippen LogP contribution in [0.15, 0.2) is 42.5 Å². The van der Waals surface area contributed by atoms with E-state index in [1.807, 2.05) is 42.5 Å². The van der Waals surface area contributed by atoms with Gasteiger partial charge in [0.2, 0.25) is 0 Å². The largest absolute Gasteiger partial charge is 0.480 e. The third kappa shape index (κ3) is 3.11. The Morgan fingerprint density at radius 2 is 1.82 bits per heavy atom. The summed E-state index contributed by atoms with van der Waals surface area (Å²) in [6.45, 7) is 1.62. The van der Waals surface area contributed by atoms with Crippen LogP contribution < -0.4 is 5.32 Å². The summed E-state index contributed by atoms with van der Waals surface area (Å²) >= 11 is 0. The van der Waals surface area contributed by atoms with Crippen molar-refractivity contribution in [3.05, 3.63) is 42.5 Å². The molecule has 0 fully saturated rings. The van der Waals surface area contributed by atoms with Crippen molar-refractivity contribution in [1.29, 1.82) is 0 Å². The molecule has 0 radical (unpaired) electrons. The van der Waals surface area contributed by atoms with Gasteiger partial charge >= 0.3 is 5.97 Å². The fourth-order valence-corrected chi connectivity index (χ4v) is 1.59. The molecule has 0 spiro atoms. The normalized spacial score (nSPS) is 11.6. The number of anilines is 1. The van der Waals surface area contributed by atoms with Gasteiger partial charge in [-0.05, 0) is 29.8 Å². The van der Waals surface area contributed by atoms with Gasteiger partial charge in [-0.2, -0.15) is 0 Å². The Balaban J connectivity index is 0.00000144. The first-order chi connectivity index (χ1) is 7.66. The fourth-order valence-electron chi connectivity index (χ4n) is 1.59. The van der Waals surface area contributed by atoms with Crippen LogP contribution in [0.25, 0.3) is 10.8 Å². The van der Waals surface area contributed by atoms with Crippen molar-refractivity contribution < 1.29 is 9.90 Å². The molecule has 0 saturated heterocycles. The van der Waals surface area contributed by atoms with E-state index >= 15 is 0 Å². The Morgan fingerprint density at radius 1 is 1.18 bits per heavy atom. The maximum atomic E-state index is 10.7. The van der Waals surface area contributed by atoms with E-state index < -0.39 is 12.0 Å². The van der Waals surface area contributed by atoms with Crippen LogP contribution in [-0.2, 0) is 4.79 Å². The molecule has 90 valence electrons. The van der Waals surface area contributed by atoms with Gasteiger partial charge in [0, 0.05) is 5.69 Å². The fraction of sp³-hybridized carbons (Fsp3) is 0.154. The summed E-state index contributed by atoms with van der Waals surface area (Å²) < 4.78 is 0. The minimum absolute atomic E-state index is 0. The molecule has 0 aliphatic rings. The number of aliphatic carboxylic acids is 1. The molecule has 3 nitrogen and oxygen atoms in total. The summed E-state index contributed by atoms with van der Waals surface area (Å²) in [4.78, 5) is 10.7. The van der Waals surface area contributed by atoms with Gasteiger partial charge in [-0.15, -0.1) is 12.4 Å². The molecule has 2 aromatic carbocycles. The number of benzene rings is 2. The summed E-state index contributed by atoms with van der Waals surface area (Å²) in [5.74, 6) is -0.854. The molecule has 2 aromatic rings. The lowest BCUT2D eigenvalue weighted by molar-refractivity contribution is -0.137. The molecule has 1 atom stereocenters. The molecule has 0 heterocycles. The third-order valence-corrected chi connectivity index (χ3v) is 2.50. The van der Waals surface area contributed by atoms with Gasteiger partial charge in [-0.25, -0.2) is 0 Å². The molecule has 17 heavy (non-hydrogen) atoms. The van der Waals surface area contributed by atoms with E-state index in [4.69, 9.17) is 5.11 Å². The van der Waals surface area contributed by atoms with E-state index in [0.717, 1.165) is 16.5 Å². The minimum Gasteiger partial charge on any atom is -0.480 e. The topological polar surface area (TPSA) is 49.3 Å². The van der Waals surface area contributed by atoms with Gasteiger partial charge in [0.1, 0.15) is 6.04 Å². The molecule has 0 saturated carbocycles. The maximum Gasteiger partial charge on any atom is 0.325 e. The average Bonchev–Trinajstić information content (AvgIpc) is 2.28. The zero-order chi connectivity index (χ0) is 11.5. The quantitative estimate of drug-likeness (QED) is 0.881. The second kappa shape index (κ2) is 5.55. The van der Waals surface area contributed by atoms with E-state index in [1.54, 1.807) is 6.92 Å². The van der Waals surface area contributed by atoms with E-state index in [9.17, 15) is 4.79 Å². The van der Waals surface area contributed by atoms with Gasteiger partial charge in [-0.3, -0.25) is 4.79 Å². The summed E-state index contributed by atoms with van der Waals surface area (Å²) in [6.07, 6.45) is 0. The SMILES string of the molecule is C[C@@H](Nc1ccc2ccccc2c1)C(=O)O.Cl. The van der Waals surface area contributed by atoms with Gasteiger partial charge in [0.15, 0.2) is 0 Å². The standard InChI is InChI=1S/C13H13NO2.ClH/c1-9(13(15)16)14-12-7-6-10-4-2-3-5-11(10)8-12;/h2-9,14H,1H3,(H,15,16);1H/t9-;/m1./s1. The van der Waals surface area contributed by atoms with E-state index in [-0.39, 0.29) is 12.4 Å². The highest BCUT2D eigenvalue weighted by Gasteiger charge is 2.09. The number of carboxylic acids is 1. The maximum absolute atomic E-state index is 10.7. The van der Waals surface area contributed by atoms with E-state index in [2.05, 4.69) is 5.32 Å². The van der Waals surface area contributed by atoms with Gasteiger partial charge in [0.25, 0.3) is 0 Å². The van der Waals surface area contributed by atoms with Crippen LogP contribution in [0.1, 0.15) is 6.92 Å². The van der Waals surface area contributed by atoms with Gasteiger partial charge in [0.05, 0.1) is 0 Å². The van der Waals surface area contributed by atoms with Crippen molar-refractivity contribution in [2.45, 2.75) is 13.0 Å². The van der Waals surface area contributed by atoms with Crippen molar-refractivity contribution in [3.8, 4) is 0 Å². The average molecular weight is 252 g/mol. The first-order valence-electron chi connectivity index (χ1n) is 5.15. The number of hydrogen-bond donors (Lipinski definition) is 2. The number of halogens is 1. The molecule has 0 aliphatic heterocycles. The molecule has 0 amide bonds. The smallest absolute Gasteiger partial charge is 0.325 e. The second-order valence-corrected chi connectivity index (χ2v) is 3.77. The summed E-state index contributed by atoms with van der Waals surface area (Å²) in [5.41, 5.74) is 0.827. The van der Waals surface area contributed by atoms with Crippen LogP contribution >= 0.6 is 12.4 Å². The van der Waals surface area contributed by atoms with Crippen LogP contribution in [0.2, 0.25) is 0 Å². The van der Waals surface area contributed by atoms with Crippen LogP contribution in [0, 0.1) is 0 Å². The van der Waals surface area contributed by atoms with Gasteiger partial charge < -0.3 is 10.4 Å². The van der Waals surface area contributed by atoms with Crippen molar-refractivity contribution in [2.75, 3.05) is 5.32 Å². The molecule has 0 aromatic heterocycles. The highest BCUT2D eigenvalue weighted by atomic mass is 35.5. The van der Waals surface area contributed by atoms with Crippen LogP contribution in [0.3, 0.4) is 0 Å². The number of carbonyl (C=O) groups is 1. The molecular formula is C13H14ClNO2. The predicted octanol–water partition coefficient (Wildman–Crippen LogP) is 3.15. The Kier molecular flexibility index (Phi) is 4.35. The third-order valence-electron chi connectivity index (χ3n) is 2.50. The Morgan fingerprint density at radius 3 is 2.47 bits per heavy atom. The first kappa shape index (κ1) is 13.3. The van der Waals surface area contributed by atoms with Crippen molar-refractivity contribution in [2.24, 2.45) is 0 Å². The predicted molar refractivity (Wildman–Crippen MR) is 71.9 cm³/mol. The van der Waals surface area contributed by atoms with Crippen molar-refractivity contribution >= 4 is 34.8 Å². The van der Waals surface area contributed by atoms with Crippen LogP contribution in [-0.4, -0.2) is 17.1 Å². The van der Waals surface area contributed by atoms with Gasteiger partial charge in [-0.1, -0.05) is 30.3 Å². The number of fused-ring (bicyclic) bond motifs is 1. The molecule has 4 heteroatoms. The summed E-state index contributed by atoms with van der Waals surface area (Å²) in [7, 11) is 0. The summed E-state index contributed by atoms with van der Waals surface area (Å²) in [5, 5.41) is 14.0. The highest BCUT2D eigenvalue weighted by Crippen LogP contribution is 2.19. The lowest BCUT2D eigenvalue weighted by Gasteiger charge is -2.11. The molecule has 2 rings (SSSR count). The molecule has 0 bridgehead atoms. The first-order valence-corrected chi connectivity index (χ1v) is 5.15. The zero-order valence-corrected chi connectivity index (χ0v) is 10.2. The van der Waals surface area contributed by atoms with Crippen molar-refractivity contribution in [3.63, 3.8) is 0 Å². The number of rotatable bonds is 3. The Hall–Kier alpha value is -1.74. The summed E-state index contributed by atoms with van der Waals surface area (Å²) in [6, 6.07) is 13.2. The second-order valence-electron chi connectivity index (χ2n) is 3.77. The molecule has 0 unspecified atom stereocenters. The molecular weight excluding hydrogens is 238 g/mol. The Bertz CT molecular complexity index is 528. The molecule has 0 aliphatic carbocycles. The molecule has 2 N–H and O–H groups in total. The number of carboxylic acid groups (broad SMARTS) is 1. The van der Waals surface area contributed by atoms with Crippen LogP contribution in [0.4, 0.5) is 5.69 Å². The number of nitrogens with one attached hydrogen (secondary N) is 1. The minimum atomic E-state index is -0.854. The lowest BCUT2D eigenvalue weighted by atomic mass is 10.1. The lowest BCUT2D eigenvalue weighted by Crippen LogP contribution is -2.25.